The van der Waals surface area contributed by atoms with E-state index in [0.717, 1.165) is 27.5 Å². The summed E-state index contributed by atoms with van der Waals surface area (Å²) in [5, 5.41) is 6.16. The normalized spacial score (nSPS) is 11.0. The molecule has 0 aliphatic heterocycles. The molecule has 0 saturated heterocycles. The molecule has 188 valence electrons. The summed E-state index contributed by atoms with van der Waals surface area (Å²) in [7, 11) is 0. The Labute approximate surface area is 220 Å². The predicted molar refractivity (Wildman–Crippen MR) is 147 cm³/mol. The lowest BCUT2D eigenvalue weighted by Gasteiger charge is -2.12. The standard InChI is InChI=1S/C32H25FN2O3/c33-27-15-10-24(11-16-27)22-38-31-19-14-25-8-4-5-9-29(25)30(31)20-34-35-32(36)26-12-17-28(18-13-26)37-21-23-6-2-1-3-7-23/h1-20H,21-22H2,(H,35,36). The van der Waals surface area contributed by atoms with Crippen molar-refractivity contribution in [2.24, 2.45) is 5.10 Å². The molecule has 0 fully saturated rings. The molecule has 5 rings (SSSR count). The van der Waals surface area contributed by atoms with Crippen LogP contribution in [0.3, 0.4) is 0 Å². The number of hydrogen-bond donors (Lipinski definition) is 1. The molecule has 0 saturated carbocycles. The van der Waals surface area contributed by atoms with Gasteiger partial charge in [-0.3, -0.25) is 4.79 Å². The highest BCUT2D eigenvalue weighted by atomic mass is 19.1. The average Bonchev–Trinajstić information content (AvgIpc) is 2.97. The van der Waals surface area contributed by atoms with E-state index in [2.05, 4.69) is 10.5 Å². The van der Waals surface area contributed by atoms with Gasteiger partial charge in [-0.2, -0.15) is 5.10 Å². The molecule has 0 unspecified atom stereocenters. The highest BCUT2D eigenvalue weighted by Gasteiger charge is 2.09. The van der Waals surface area contributed by atoms with E-state index in [4.69, 9.17) is 9.47 Å². The fourth-order valence-corrected chi connectivity index (χ4v) is 3.94. The molecular formula is C32H25FN2O3. The molecule has 6 heteroatoms. The molecule has 0 spiro atoms. The van der Waals surface area contributed by atoms with Gasteiger partial charge < -0.3 is 9.47 Å². The Morgan fingerprint density at radius 2 is 1.42 bits per heavy atom. The van der Waals surface area contributed by atoms with E-state index in [0.29, 0.717) is 23.7 Å². The number of rotatable bonds is 9. The van der Waals surface area contributed by atoms with Crippen molar-refractivity contribution in [3.63, 3.8) is 0 Å². The molecule has 0 heterocycles. The SMILES string of the molecule is O=C(NN=Cc1c(OCc2ccc(F)cc2)ccc2ccccc12)c1ccc(OCc2ccccc2)cc1. The second-order valence-corrected chi connectivity index (χ2v) is 8.61. The number of nitrogens with zero attached hydrogens (tertiary/aromatic N) is 1. The molecule has 0 aromatic heterocycles. The summed E-state index contributed by atoms with van der Waals surface area (Å²) < 4.78 is 25.1. The molecule has 0 atom stereocenters. The summed E-state index contributed by atoms with van der Waals surface area (Å²) in [6.07, 6.45) is 1.58. The number of fused-ring (bicyclic) bond motifs is 1. The first kappa shape index (κ1) is 24.7. The predicted octanol–water partition coefficient (Wildman–Crippen LogP) is 6.90. The lowest BCUT2D eigenvalue weighted by molar-refractivity contribution is 0.0955. The fraction of sp³-hybridized carbons (Fsp3) is 0.0625. The molecule has 0 aliphatic rings. The molecule has 0 aliphatic carbocycles. The Bertz CT molecular complexity index is 1550. The zero-order valence-corrected chi connectivity index (χ0v) is 20.5. The first-order chi connectivity index (χ1) is 18.7. The average molecular weight is 505 g/mol. The van der Waals surface area contributed by atoms with E-state index in [-0.39, 0.29) is 18.3 Å². The number of nitrogens with one attached hydrogen (secondary N) is 1. The third-order valence-electron chi connectivity index (χ3n) is 5.96. The van der Waals surface area contributed by atoms with Crippen molar-refractivity contribution in [3.05, 3.63) is 143 Å². The summed E-state index contributed by atoms with van der Waals surface area (Å²) in [6, 6.07) is 34.6. The number of carbonyl (C=O) groups excluding carboxylic acids is 1. The van der Waals surface area contributed by atoms with Crippen molar-refractivity contribution >= 4 is 22.9 Å². The van der Waals surface area contributed by atoms with Gasteiger partial charge in [0.2, 0.25) is 0 Å². The van der Waals surface area contributed by atoms with Crippen LogP contribution in [0.2, 0.25) is 0 Å². The minimum absolute atomic E-state index is 0.268. The first-order valence-corrected chi connectivity index (χ1v) is 12.1. The summed E-state index contributed by atoms with van der Waals surface area (Å²) in [6.45, 7) is 0.720. The van der Waals surface area contributed by atoms with E-state index in [1.54, 1.807) is 42.6 Å². The molecule has 5 aromatic carbocycles. The van der Waals surface area contributed by atoms with Crippen LogP contribution in [0.5, 0.6) is 11.5 Å². The van der Waals surface area contributed by atoms with Crippen molar-refractivity contribution in [3.8, 4) is 11.5 Å². The highest BCUT2D eigenvalue weighted by molar-refractivity contribution is 6.03. The number of benzene rings is 5. The molecule has 0 radical (unpaired) electrons. The number of hydrazone groups is 1. The summed E-state index contributed by atoms with van der Waals surface area (Å²) in [4.78, 5) is 12.7. The third kappa shape index (κ3) is 6.23. The Morgan fingerprint density at radius 1 is 0.737 bits per heavy atom. The van der Waals surface area contributed by atoms with E-state index < -0.39 is 0 Å². The Hall–Kier alpha value is -4.97. The molecule has 0 bridgehead atoms. The zero-order valence-electron chi connectivity index (χ0n) is 20.5. The second kappa shape index (κ2) is 11.8. The maximum absolute atomic E-state index is 13.2. The molecule has 38 heavy (non-hydrogen) atoms. The van der Waals surface area contributed by atoms with Gasteiger partial charge in [-0.15, -0.1) is 0 Å². The van der Waals surface area contributed by atoms with Gasteiger partial charge in [0.15, 0.2) is 0 Å². The lowest BCUT2D eigenvalue weighted by Crippen LogP contribution is -2.17. The minimum Gasteiger partial charge on any atom is -0.489 e. The number of halogens is 1. The quantitative estimate of drug-likeness (QED) is 0.175. The van der Waals surface area contributed by atoms with Crippen LogP contribution in [0.4, 0.5) is 4.39 Å². The van der Waals surface area contributed by atoms with Gasteiger partial charge in [-0.05, 0) is 64.4 Å². The van der Waals surface area contributed by atoms with Crippen LogP contribution in [0, 0.1) is 5.82 Å². The summed E-state index contributed by atoms with van der Waals surface area (Å²) in [5.41, 5.74) is 5.69. The van der Waals surface area contributed by atoms with E-state index >= 15 is 0 Å². The van der Waals surface area contributed by atoms with Gasteiger partial charge in [0, 0.05) is 11.1 Å². The van der Waals surface area contributed by atoms with Crippen LogP contribution in [-0.2, 0) is 13.2 Å². The van der Waals surface area contributed by atoms with Crippen molar-refractivity contribution in [1.82, 2.24) is 5.43 Å². The molecule has 1 N–H and O–H groups in total. The number of carbonyl (C=O) groups is 1. The van der Waals surface area contributed by atoms with Crippen LogP contribution in [-0.4, -0.2) is 12.1 Å². The molecule has 5 nitrogen and oxygen atoms in total. The second-order valence-electron chi connectivity index (χ2n) is 8.61. The van der Waals surface area contributed by atoms with Crippen molar-refractivity contribution in [1.29, 1.82) is 0 Å². The maximum atomic E-state index is 13.2. The van der Waals surface area contributed by atoms with Crippen LogP contribution in [0.25, 0.3) is 10.8 Å². The summed E-state index contributed by atoms with van der Waals surface area (Å²) in [5.74, 6) is 0.640. The molecular weight excluding hydrogens is 479 g/mol. The van der Waals surface area contributed by atoms with E-state index in [9.17, 15) is 9.18 Å². The van der Waals surface area contributed by atoms with Crippen LogP contribution in [0.15, 0.2) is 120 Å². The fourth-order valence-electron chi connectivity index (χ4n) is 3.94. The van der Waals surface area contributed by atoms with Gasteiger partial charge in [-0.1, -0.05) is 72.8 Å². The van der Waals surface area contributed by atoms with Gasteiger partial charge in [0.25, 0.3) is 5.91 Å². The van der Waals surface area contributed by atoms with Gasteiger partial charge in [0.05, 0.1) is 6.21 Å². The number of amides is 1. The highest BCUT2D eigenvalue weighted by Crippen LogP contribution is 2.27. The smallest absolute Gasteiger partial charge is 0.271 e. The van der Waals surface area contributed by atoms with Gasteiger partial charge >= 0.3 is 0 Å². The van der Waals surface area contributed by atoms with Crippen LogP contribution in [0.1, 0.15) is 27.0 Å². The van der Waals surface area contributed by atoms with Gasteiger partial charge in [-0.25, -0.2) is 9.82 Å². The van der Waals surface area contributed by atoms with Crippen molar-refractivity contribution in [2.75, 3.05) is 0 Å². The Kier molecular flexibility index (Phi) is 7.70. The molecule has 5 aromatic rings. The van der Waals surface area contributed by atoms with Crippen molar-refractivity contribution in [2.45, 2.75) is 13.2 Å². The van der Waals surface area contributed by atoms with E-state index in [1.165, 1.54) is 12.1 Å². The number of ether oxygens (including phenoxy) is 2. The number of hydrogen-bond acceptors (Lipinski definition) is 4. The maximum Gasteiger partial charge on any atom is 0.271 e. The Balaban J connectivity index is 1.26. The zero-order chi connectivity index (χ0) is 26.2. The van der Waals surface area contributed by atoms with Crippen LogP contribution < -0.4 is 14.9 Å². The first-order valence-electron chi connectivity index (χ1n) is 12.1. The monoisotopic (exact) mass is 504 g/mol. The largest absolute Gasteiger partial charge is 0.489 e. The minimum atomic E-state index is -0.343. The third-order valence-corrected chi connectivity index (χ3v) is 5.96. The van der Waals surface area contributed by atoms with Crippen LogP contribution >= 0.6 is 0 Å². The molecule has 1 amide bonds. The van der Waals surface area contributed by atoms with Gasteiger partial charge in [0.1, 0.15) is 30.5 Å². The summed E-state index contributed by atoms with van der Waals surface area (Å²) >= 11 is 0. The van der Waals surface area contributed by atoms with Crippen molar-refractivity contribution < 1.29 is 18.7 Å². The topological polar surface area (TPSA) is 59.9 Å². The Morgan fingerprint density at radius 3 is 2.21 bits per heavy atom. The lowest BCUT2D eigenvalue weighted by atomic mass is 10.0. The van der Waals surface area contributed by atoms with E-state index in [1.807, 2.05) is 66.7 Å².